The fraction of sp³-hybridized carbons (Fsp3) is 0.438. The van der Waals surface area contributed by atoms with E-state index in [4.69, 9.17) is 5.84 Å². The van der Waals surface area contributed by atoms with Gasteiger partial charge in [0.15, 0.2) is 0 Å². The van der Waals surface area contributed by atoms with Crippen LogP contribution in [0, 0.1) is 13.8 Å². The van der Waals surface area contributed by atoms with Crippen molar-refractivity contribution in [1.82, 2.24) is 15.2 Å². The zero-order valence-electron chi connectivity index (χ0n) is 12.6. The summed E-state index contributed by atoms with van der Waals surface area (Å²) < 4.78 is 1.97. The number of benzene rings is 1. The highest BCUT2D eigenvalue weighted by Gasteiger charge is 2.14. The fourth-order valence-corrected chi connectivity index (χ4v) is 2.42. The van der Waals surface area contributed by atoms with Gasteiger partial charge in [-0.1, -0.05) is 30.7 Å². The molecule has 2 rings (SSSR count). The van der Waals surface area contributed by atoms with E-state index in [1.165, 1.54) is 16.7 Å². The van der Waals surface area contributed by atoms with E-state index in [0.717, 1.165) is 24.9 Å². The van der Waals surface area contributed by atoms with Crippen molar-refractivity contribution in [1.29, 1.82) is 0 Å². The molecule has 3 N–H and O–H groups in total. The molecule has 0 spiro atoms. The molecule has 0 aliphatic carbocycles. The molecule has 0 radical (unpaired) electrons. The summed E-state index contributed by atoms with van der Waals surface area (Å²) in [7, 11) is 0. The average molecular weight is 272 g/mol. The van der Waals surface area contributed by atoms with Crippen LogP contribution in [0.3, 0.4) is 0 Å². The lowest BCUT2D eigenvalue weighted by Gasteiger charge is -2.16. The van der Waals surface area contributed by atoms with Crippen molar-refractivity contribution in [2.24, 2.45) is 5.84 Å². The molecule has 1 unspecified atom stereocenters. The van der Waals surface area contributed by atoms with Gasteiger partial charge in [0.05, 0.1) is 12.2 Å². The molecule has 20 heavy (non-hydrogen) atoms. The monoisotopic (exact) mass is 272 g/mol. The van der Waals surface area contributed by atoms with Crippen molar-refractivity contribution in [3.63, 3.8) is 0 Å². The maximum atomic E-state index is 5.74. The molecule has 1 atom stereocenters. The normalized spacial score (nSPS) is 12.6. The second kappa shape index (κ2) is 6.68. The maximum Gasteiger partial charge on any atom is 0.0538 e. The largest absolute Gasteiger partial charge is 0.272 e. The number of nitrogens with two attached hydrogens (primary N) is 1. The molecule has 0 fully saturated rings. The predicted molar refractivity (Wildman–Crippen MR) is 82.2 cm³/mol. The third-order valence-electron chi connectivity index (χ3n) is 3.64. The summed E-state index contributed by atoms with van der Waals surface area (Å²) in [5.74, 6) is 5.74. The van der Waals surface area contributed by atoms with Gasteiger partial charge in [0.2, 0.25) is 0 Å². The molecule has 0 saturated carbocycles. The number of nitrogens with zero attached hydrogens (tertiary/aromatic N) is 2. The number of rotatable bonds is 6. The van der Waals surface area contributed by atoms with Gasteiger partial charge in [0, 0.05) is 18.3 Å². The van der Waals surface area contributed by atoms with Crippen molar-refractivity contribution in [2.45, 2.75) is 46.2 Å². The highest BCUT2D eigenvalue weighted by atomic mass is 15.3. The number of nitrogens with one attached hydrogen (secondary N) is 1. The van der Waals surface area contributed by atoms with Crippen LogP contribution < -0.4 is 11.3 Å². The second-order valence-corrected chi connectivity index (χ2v) is 5.39. The molecular formula is C16H24N4. The Bertz CT molecular complexity index is 559. The fourth-order valence-electron chi connectivity index (χ4n) is 2.42. The number of hydrazine groups is 1. The number of aryl methyl sites for hydroxylation is 3. The molecule has 0 saturated heterocycles. The van der Waals surface area contributed by atoms with Crippen LogP contribution in [-0.4, -0.2) is 9.78 Å². The van der Waals surface area contributed by atoms with Crippen molar-refractivity contribution >= 4 is 0 Å². The minimum atomic E-state index is 0.0982. The van der Waals surface area contributed by atoms with Gasteiger partial charge in [0.1, 0.15) is 0 Å². The summed E-state index contributed by atoms with van der Waals surface area (Å²) in [6.07, 6.45) is 5.95. The quantitative estimate of drug-likeness (QED) is 0.628. The molecule has 108 valence electrons. The minimum absolute atomic E-state index is 0.0982. The Labute approximate surface area is 121 Å². The topological polar surface area (TPSA) is 55.9 Å². The molecule has 4 heteroatoms. The standard InChI is InChI=1S/C16H24N4/c1-4-7-20-11-15(10-18-20)16(19-17)9-14-8-12(2)5-6-13(14)3/h5-6,8,10-11,16,19H,4,7,9,17H2,1-3H3. The molecule has 0 amide bonds. The molecular weight excluding hydrogens is 248 g/mol. The van der Waals surface area contributed by atoms with E-state index >= 15 is 0 Å². The first-order chi connectivity index (χ1) is 9.63. The Morgan fingerprint density at radius 2 is 2.15 bits per heavy atom. The Morgan fingerprint density at radius 1 is 1.35 bits per heavy atom. The predicted octanol–water partition coefficient (Wildman–Crippen LogP) is 2.66. The lowest BCUT2D eigenvalue weighted by atomic mass is 9.97. The van der Waals surface area contributed by atoms with E-state index in [1.807, 2.05) is 10.9 Å². The van der Waals surface area contributed by atoms with Gasteiger partial charge in [-0.2, -0.15) is 5.10 Å². The van der Waals surface area contributed by atoms with Crippen LogP contribution in [-0.2, 0) is 13.0 Å². The summed E-state index contributed by atoms with van der Waals surface area (Å²) in [5, 5.41) is 4.38. The first kappa shape index (κ1) is 14.8. The third-order valence-corrected chi connectivity index (χ3v) is 3.64. The minimum Gasteiger partial charge on any atom is -0.272 e. The molecule has 0 aliphatic rings. The smallest absolute Gasteiger partial charge is 0.0538 e. The molecule has 0 aliphatic heterocycles. The summed E-state index contributed by atoms with van der Waals surface area (Å²) in [5.41, 5.74) is 7.97. The average Bonchev–Trinajstić information content (AvgIpc) is 2.88. The first-order valence-electron chi connectivity index (χ1n) is 7.18. The molecule has 1 heterocycles. The van der Waals surface area contributed by atoms with Gasteiger partial charge < -0.3 is 0 Å². The molecule has 1 aromatic carbocycles. The van der Waals surface area contributed by atoms with Gasteiger partial charge >= 0.3 is 0 Å². The van der Waals surface area contributed by atoms with Crippen LogP contribution in [0.4, 0.5) is 0 Å². The Morgan fingerprint density at radius 3 is 2.85 bits per heavy atom. The summed E-state index contributed by atoms with van der Waals surface area (Å²) in [6.45, 7) is 7.35. The van der Waals surface area contributed by atoms with E-state index in [9.17, 15) is 0 Å². The molecule has 0 bridgehead atoms. The highest BCUT2D eigenvalue weighted by molar-refractivity contribution is 5.32. The summed E-state index contributed by atoms with van der Waals surface area (Å²) in [4.78, 5) is 0. The summed E-state index contributed by atoms with van der Waals surface area (Å²) >= 11 is 0. The third kappa shape index (κ3) is 3.46. The van der Waals surface area contributed by atoms with E-state index in [0.29, 0.717) is 0 Å². The molecule has 2 aromatic rings. The van der Waals surface area contributed by atoms with Crippen LogP contribution in [0.2, 0.25) is 0 Å². The Hall–Kier alpha value is -1.65. The zero-order valence-corrected chi connectivity index (χ0v) is 12.6. The molecule has 1 aromatic heterocycles. The number of aromatic nitrogens is 2. The van der Waals surface area contributed by atoms with Gasteiger partial charge in [-0.15, -0.1) is 0 Å². The van der Waals surface area contributed by atoms with Crippen molar-refractivity contribution in [2.75, 3.05) is 0 Å². The van der Waals surface area contributed by atoms with Crippen molar-refractivity contribution in [3.05, 3.63) is 52.8 Å². The lowest BCUT2D eigenvalue weighted by molar-refractivity contribution is 0.547. The SMILES string of the molecule is CCCn1cc(C(Cc2cc(C)ccc2C)NN)cn1. The van der Waals surface area contributed by atoms with Crippen molar-refractivity contribution < 1.29 is 0 Å². The van der Waals surface area contributed by atoms with Crippen LogP contribution in [0.1, 0.15) is 41.6 Å². The van der Waals surface area contributed by atoms with Gasteiger partial charge in [-0.3, -0.25) is 16.0 Å². The second-order valence-electron chi connectivity index (χ2n) is 5.39. The summed E-state index contributed by atoms with van der Waals surface area (Å²) in [6, 6.07) is 6.64. The lowest BCUT2D eigenvalue weighted by Crippen LogP contribution is -2.29. The maximum absolute atomic E-state index is 5.74. The van der Waals surface area contributed by atoms with Crippen LogP contribution >= 0.6 is 0 Å². The first-order valence-corrected chi connectivity index (χ1v) is 7.18. The molecule has 4 nitrogen and oxygen atoms in total. The van der Waals surface area contributed by atoms with Gasteiger partial charge in [-0.05, 0) is 37.8 Å². The van der Waals surface area contributed by atoms with E-state index < -0.39 is 0 Å². The number of hydrogen-bond donors (Lipinski definition) is 2. The van der Waals surface area contributed by atoms with Crippen LogP contribution in [0.25, 0.3) is 0 Å². The van der Waals surface area contributed by atoms with E-state index in [1.54, 1.807) is 0 Å². The Balaban J connectivity index is 2.17. The van der Waals surface area contributed by atoms with Gasteiger partial charge in [0.25, 0.3) is 0 Å². The zero-order chi connectivity index (χ0) is 14.5. The highest BCUT2D eigenvalue weighted by Crippen LogP contribution is 2.20. The number of hydrogen-bond acceptors (Lipinski definition) is 3. The Kier molecular flexibility index (Phi) is 4.93. The van der Waals surface area contributed by atoms with E-state index in [-0.39, 0.29) is 6.04 Å². The van der Waals surface area contributed by atoms with Crippen LogP contribution in [0.15, 0.2) is 30.6 Å². The van der Waals surface area contributed by atoms with E-state index in [2.05, 4.69) is 55.7 Å². The van der Waals surface area contributed by atoms with Crippen molar-refractivity contribution in [3.8, 4) is 0 Å². The van der Waals surface area contributed by atoms with Crippen LogP contribution in [0.5, 0.6) is 0 Å². The van der Waals surface area contributed by atoms with Gasteiger partial charge in [-0.25, -0.2) is 0 Å².